The van der Waals surface area contributed by atoms with Crippen LogP contribution < -0.4 is 4.74 Å². The summed E-state index contributed by atoms with van der Waals surface area (Å²) in [4.78, 5) is 10.3. The van der Waals surface area contributed by atoms with E-state index in [0.29, 0.717) is 5.56 Å². The number of halogens is 1. The maximum absolute atomic E-state index is 11.1. The van der Waals surface area contributed by atoms with Crippen LogP contribution in [0.1, 0.15) is 16.0 Å². The molecule has 0 saturated heterocycles. The lowest BCUT2D eigenvalue weighted by Gasteiger charge is -2.10. The molecule has 1 atom stereocenters. The Morgan fingerprint density at radius 1 is 1.24 bits per heavy atom. The van der Waals surface area contributed by atoms with Crippen LogP contribution in [0.25, 0.3) is 0 Å². The third kappa shape index (κ3) is 4.03. The maximum Gasteiger partial charge on any atom is 0.311 e. The van der Waals surface area contributed by atoms with Crippen LogP contribution in [0.5, 0.6) is 5.75 Å². The second-order valence-electron chi connectivity index (χ2n) is 4.41. The van der Waals surface area contributed by atoms with E-state index in [0.717, 1.165) is 5.56 Å². The van der Waals surface area contributed by atoms with Gasteiger partial charge >= 0.3 is 5.69 Å². The van der Waals surface area contributed by atoms with Gasteiger partial charge in [-0.1, -0.05) is 52.3 Å². The van der Waals surface area contributed by atoms with Gasteiger partial charge in [-0.15, -0.1) is 0 Å². The van der Waals surface area contributed by atoms with Gasteiger partial charge in [-0.2, -0.15) is 0 Å². The zero-order chi connectivity index (χ0) is 15.2. The standard InChI is InChI=1S/C15H14BrNO4/c16-13(9-18)12-6-7-15(14(8-12)17(19)20)21-10-11-4-2-1-3-5-11/h1-8,13,18H,9-10H2. The molecule has 0 heterocycles. The molecule has 110 valence electrons. The zero-order valence-corrected chi connectivity index (χ0v) is 12.7. The second kappa shape index (κ2) is 7.19. The summed E-state index contributed by atoms with van der Waals surface area (Å²) in [6.07, 6.45) is 0. The number of alkyl halides is 1. The van der Waals surface area contributed by atoms with E-state index in [-0.39, 0.29) is 29.5 Å². The SMILES string of the molecule is O=[N+]([O-])c1cc(C(Br)CO)ccc1OCc1ccccc1. The molecule has 5 nitrogen and oxygen atoms in total. The van der Waals surface area contributed by atoms with E-state index < -0.39 is 4.92 Å². The number of nitrogens with zero attached hydrogens (tertiary/aromatic N) is 1. The molecule has 1 unspecified atom stereocenters. The van der Waals surface area contributed by atoms with Crippen molar-refractivity contribution in [2.45, 2.75) is 11.4 Å². The van der Waals surface area contributed by atoms with Gasteiger partial charge in [-0.05, 0) is 17.2 Å². The van der Waals surface area contributed by atoms with E-state index in [9.17, 15) is 10.1 Å². The number of rotatable bonds is 6. The van der Waals surface area contributed by atoms with E-state index in [2.05, 4.69) is 15.9 Å². The first-order valence-electron chi connectivity index (χ1n) is 6.32. The first-order valence-corrected chi connectivity index (χ1v) is 7.23. The first kappa shape index (κ1) is 15.5. The van der Waals surface area contributed by atoms with Crippen molar-refractivity contribution in [3.8, 4) is 5.75 Å². The summed E-state index contributed by atoms with van der Waals surface area (Å²) in [6, 6.07) is 14.1. The summed E-state index contributed by atoms with van der Waals surface area (Å²) in [7, 11) is 0. The summed E-state index contributed by atoms with van der Waals surface area (Å²) in [5.41, 5.74) is 1.46. The molecule has 21 heavy (non-hydrogen) atoms. The van der Waals surface area contributed by atoms with Crippen molar-refractivity contribution in [1.82, 2.24) is 0 Å². The lowest BCUT2D eigenvalue weighted by atomic mass is 10.1. The molecule has 6 heteroatoms. The molecule has 0 amide bonds. The Balaban J connectivity index is 2.20. The molecule has 0 saturated carbocycles. The fraction of sp³-hybridized carbons (Fsp3) is 0.200. The molecule has 0 radical (unpaired) electrons. The van der Waals surface area contributed by atoms with Crippen LogP contribution in [0.4, 0.5) is 5.69 Å². The predicted molar refractivity (Wildman–Crippen MR) is 82.6 cm³/mol. The Hall–Kier alpha value is -1.92. The van der Waals surface area contributed by atoms with Crippen molar-refractivity contribution >= 4 is 21.6 Å². The van der Waals surface area contributed by atoms with Crippen molar-refractivity contribution in [2.75, 3.05) is 6.61 Å². The molecule has 1 N–H and O–H groups in total. The molecule has 0 aliphatic rings. The smallest absolute Gasteiger partial charge is 0.311 e. The minimum Gasteiger partial charge on any atom is -0.482 e. The van der Waals surface area contributed by atoms with Gasteiger partial charge in [0.2, 0.25) is 0 Å². The Kier molecular flexibility index (Phi) is 5.30. The van der Waals surface area contributed by atoms with Crippen LogP contribution >= 0.6 is 15.9 Å². The Morgan fingerprint density at radius 2 is 1.95 bits per heavy atom. The molecule has 0 aliphatic carbocycles. The summed E-state index contributed by atoms with van der Waals surface area (Å²) in [6.45, 7) is 0.125. The number of nitro groups is 1. The van der Waals surface area contributed by atoms with Gasteiger partial charge in [0.25, 0.3) is 0 Å². The van der Waals surface area contributed by atoms with Crippen molar-refractivity contribution in [3.63, 3.8) is 0 Å². The first-order chi connectivity index (χ1) is 10.1. The molecule has 0 fully saturated rings. The average Bonchev–Trinajstić information content (AvgIpc) is 2.52. The van der Waals surface area contributed by atoms with Crippen LogP contribution in [0.15, 0.2) is 48.5 Å². The number of hydrogen-bond acceptors (Lipinski definition) is 4. The fourth-order valence-electron chi connectivity index (χ4n) is 1.83. The summed E-state index contributed by atoms with van der Waals surface area (Å²) in [5, 5.41) is 20.2. The topological polar surface area (TPSA) is 72.6 Å². The molecule has 0 aliphatic heterocycles. The van der Waals surface area contributed by atoms with Gasteiger partial charge in [0.05, 0.1) is 16.4 Å². The lowest BCUT2D eigenvalue weighted by Crippen LogP contribution is -2.01. The van der Waals surface area contributed by atoms with Crippen LogP contribution in [0, 0.1) is 10.1 Å². The average molecular weight is 352 g/mol. The van der Waals surface area contributed by atoms with Crippen molar-refractivity contribution < 1.29 is 14.8 Å². The summed E-state index contributed by atoms with van der Waals surface area (Å²) >= 11 is 3.26. The predicted octanol–water partition coefficient (Wildman–Crippen LogP) is 3.60. The zero-order valence-electron chi connectivity index (χ0n) is 11.1. The highest BCUT2D eigenvalue weighted by Gasteiger charge is 2.18. The Labute approximate surface area is 130 Å². The van der Waals surface area contributed by atoms with E-state index >= 15 is 0 Å². The molecule has 0 aromatic heterocycles. The van der Waals surface area contributed by atoms with Crippen LogP contribution in [-0.2, 0) is 6.61 Å². The largest absolute Gasteiger partial charge is 0.482 e. The van der Waals surface area contributed by atoms with Crippen LogP contribution in [0.2, 0.25) is 0 Å². The molecule has 2 rings (SSSR count). The maximum atomic E-state index is 11.1. The Morgan fingerprint density at radius 3 is 2.57 bits per heavy atom. The monoisotopic (exact) mass is 351 g/mol. The van der Waals surface area contributed by atoms with E-state index in [1.807, 2.05) is 30.3 Å². The number of hydrogen-bond donors (Lipinski definition) is 1. The third-order valence-corrected chi connectivity index (χ3v) is 3.76. The molecule has 0 bridgehead atoms. The molecular weight excluding hydrogens is 338 g/mol. The molecular formula is C15H14BrNO4. The van der Waals surface area contributed by atoms with E-state index in [1.54, 1.807) is 12.1 Å². The number of nitro benzene ring substituents is 1. The van der Waals surface area contributed by atoms with Gasteiger partial charge < -0.3 is 9.84 Å². The number of ether oxygens (including phenoxy) is 1. The quantitative estimate of drug-likeness (QED) is 0.490. The molecule has 2 aromatic carbocycles. The Bertz CT molecular complexity index is 618. The third-order valence-electron chi connectivity index (χ3n) is 2.94. The number of benzene rings is 2. The fourth-order valence-corrected chi connectivity index (χ4v) is 2.12. The van der Waals surface area contributed by atoms with Crippen LogP contribution in [-0.4, -0.2) is 16.6 Å². The highest BCUT2D eigenvalue weighted by molar-refractivity contribution is 9.09. The highest BCUT2D eigenvalue weighted by Crippen LogP contribution is 2.33. The van der Waals surface area contributed by atoms with Crippen molar-refractivity contribution in [2.24, 2.45) is 0 Å². The molecule has 0 spiro atoms. The number of aliphatic hydroxyl groups excluding tert-OH is 1. The van der Waals surface area contributed by atoms with Crippen LogP contribution in [0.3, 0.4) is 0 Å². The minimum atomic E-state index is -0.485. The van der Waals surface area contributed by atoms with Crippen molar-refractivity contribution in [3.05, 3.63) is 69.8 Å². The summed E-state index contributed by atoms with van der Waals surface area (Å²) < 4.78 is 5.53. The normalized spacial score (nSPS) is 11.9. The lowest BCUT2D eigenvalue weighted by molar-refractivity contribution is -0.386. The summed E-state index contributed by atoms with van der Waals surface area (Å²) in [5.74, 6) is 0.213. The van der Waals surface area contributed by atoms with Crippen molar-refractivity contribution in [1.29, 1.82) is 0 Å². The van der Waals surface area contributed by atoms with Gasteiger partial charge in [0.1, 0.15) is 6.61 Å². The number of aliphatic hydroxyl groups is 1. The van der Waals surface area contributed by atoms with Gasteiger partial charge in [-0.25, -0.2) is 0 Å². The highest BCUT2D eigenvalue weighted by atomic mass is 79.9. The minimum absolute atomic E-state index is 0.110. The van der Waals surface area contributed by atoms with E-state index in [1.165, 1.54) is 6.07 Å². The van der Waals surface area contributed by atoms with Gasteiger partial charge in [-0.3, -0.25) is 10.1 Å². The van der Waals surface area contributed by atoms with Gasteiger partial charge in [0.15, 0.2) is 5.75 Å². The van der Waals surface area contributed by atoms with E-state index in [4.69, 9.17) is 9.84 Å². The second-order valence-corrected chi connectivity index (χ2v) is 5.51. The molecule has 2 aromatic rings. The van der Waals surface area contributed by atoms with Gasteiger partial charge in [0, 0.05) is 6.07 Å².